The number of aromatic nitrogens is 4. The summed E-state index contributed by atoms with van der Waals surface area (Å²) < 4.78 is 11.2. The average molecular weight is 251 g/mol. The zero-order valence-electron chi connectivity index (χ0n) is 10.1. The Hall–Kier alpha value is -2.22. The van der Waals surface area contributed by atoms with Crippen LogP contribution in [0.25, 0.3) is 0 Å². The molecule has 0 aliphatic heterocycles. The first-order valence-corrected chi connectivity index (χ1v) is 5.28. The number of nitrogens with two attached hydrogens (primary N) is 1. The molecule has 0 atom stereocenters. The standard InChI is InChI=1S/C10H13N5O3/c1-6-3-9(16)15(10(12-6)17-2)5-7-13-8(4-11)18-14-7/h3H,4-5,11H2,1-2H3. The van der Waals surface area contributed by atoms with Crippen molar-refractivity contribution >= 4 is 0 Å². The van der Waals surface area contributed by atoms with Gasteiger partial charge in [0, 0.05) is 11.8 Å². The SMILES string of the molecule is COc1nc(C)cc(=O)n1Cc1noc(CN)n1. The fourth-order valence-electron chi connectivity index (χ4n) is 1.47. The lowest BCUT2D eigenvalue weighted by molar-refractivity contribution is 0.344. The lowest BCUT2D eigenvalue weighted by Crippen LogP contribution is -2.23. The van der Waals surface area contributed by atoms with Gasteiger partial charge in [-0.05, 0) is 6.92 Å². The Morgan fingerprint density at radius 1 is 1.50 bits per heavy atom. The van der Waals surface area contributed by atoms with Gasteiger partial charge in [-0.25, -0.2) is 4.98 Å². The van der Waals surface area contributed by atoms with Crippen LogP contribution in [0.3, 0.4) is 0 Å². The number of hydrogen-bond acceptors (Lipinski definition) is 7. The van der Waals surface area contributed by atoms with E-state index in [-0.39, 0.29) is 24.7 Å². The molecule has 8 nitrogen and oxygen atoms in total. The third-order valence-electron chi connectivity index (χ3n) is 2.27. The Bertz CT molecular complexity index is 604. The summed E-state index contributed by atoms with van der Waals surface area (Å²) in [5.74, 6) is 0.665. The van der Waals surface area contributed by atoms with Crippen LogP contribution in [-0.4, -0.2) is 26.8 Å². The van der Waals surface area contributed by atoms with Gasteiger partial charge in [0.15, 0.2) is 5.82 Å². The Balaban J connectivity index is 2.36. The van der Waals surface area contributed by atoms with E-state index in [1.165, 1.54) is 17.7 Å². The maximum Gasteiger partial charge on any atom is 0.299 e. The van der Waals surface area contributed by atoms with Gasteiger partial charge < -0.3 is 15.0 Å². The molecule has 0 amide bonds. The molecule has 2 aromatic rings. The summed E-state index contributed by atoms with van der Waals surface area (Å²) in [6.45, 7) is 2.00. The van der Waals surface area contributed by atoms with E-state index < -0.39 is 0 Å². The van der Waals surface area contributed by atoms with Gasteiger partial charge in [0.1, 0.15) is 0 Å². The molecular weight excluding hydrogens is 238 g/mol. The van der Waals surface area contributed by atoms with Gasteiger partial charge in [0.2, 0.25) is 5.89 Å². The summed E-state index contributed by atoms with van der Waals surface area (Å²) in [4.78, 5) is 20.0. The summed E-state index contributed by atoms with van der Waals surface area (Å²) in [6.07, 6.45) is 0. The predicted molar refractivity (Wildman–Crippen MR) is 61.1 cm³/mol. The zero-order chi connectivity index (χ0) is 13.1. The minimum Gasteiger partial charge on any atom is -0.468 e. The topological polar surface area (TPSA) is 109 Å². The van der Waals surface area contributed by atoms with Gasteiger partial charge in [-0.3, -0.25) is 9.36 Å². The van der Waals surface area contributed by atoms with E-state index in [1.54, 1.807) is 6.92 Å². The summed E-state index contributed by atoms with van der Waals surface area (Å²) in [5.41, 5.74) is 5.71. The normalized spacial score (nSPS) is 10.6. The summed E-state index contributed by atoms with van der Waals surface area (Å²) >= 11 is 0. The molecule has 96 valence electrons. The highest BCUT2D eigenvalue weighted by Gasteiger charge is 2.11. The second-order valence-electron chi connectivity index (χ2n) is 3.62. The number of aryl methyl sites for hydroxylation is 1. The van der Waals surface area contributed by atoms with Gasteiger partial charge in [0.05, 0.1) is 20.2 Å². The van der Waals surface area contributed by atoms with Crippen LogP contribution in [-0.2, 0) is 13.1 Å². The van der Waals surface area contributed by atoms with Gasteiger partial charge in [0.25, 0.3) is 11.6 Å². The van der Waals surface area contributed by atoms with Crippen LogP contribution < -0.4 is 16.0 Å². The molecule has 2 rings (SSSR count). The van der Waals surface area contributed by atoms with Crippen molar-refractivity contribution in [3.63, 3.8) is 0 Å². The monoisotopic (exact) mass is 251 g/mol. The van der Waals surface area contributed by atoms with Crippen LogP contribution in [0.2, 0.25) is 0 Å². The Morgan fingerprint density at radius 3 is 2.89 bits per heavy atom. The molecule has 18 heavy (non-hydrogen) atoms. The molecule has 0 saturated heterocycles. The molecular formula is C10H13N5O3. The third-order valence-corrected chi connectivity index (χ3v) is 2.27. The van der Waals surface area contributed by atoms with E-state index in [2.05, 4.69) is 15.1 Å². The second kappa shape index (κ2) is 4.96. The third kappa shape index (κ3) is 2.38. The van der Waals surface area contributed by atoms with Crippen LogP contribution in [0.15, 0.2) is 15.4 Å². The molecule has 2 aromatic heterocycles. The number of hydrogen-bond donors (Lipinski definition) is 1. The Morgan fingerprint density at radius 2 is 2.28 bits per heavy atom. The molecule has 0 aliphatic carbocycles. The number of ether oxygens (including phenoxy) is 1. The number of rotatable bonds is 4. The average Bonchev–Trinajstić information content (AvgIpc) is 2.80. The van der Waals surface area contributed by atoms with Crippen molar-refractivity contribution in [2.24, 2.45) is 5.73 Å². The summed E-state index contributed by atoms with van der Waals surface area (Å²) in [6, 6.07) is 1.62. The molecule has 0 fully saturated rings. The van der Waals surface area contributed by atoms with Gasteiger partial charge in [-0.15, -0.1) is 0 Å². The van der Waals surface area contributed by atoms with Gasteiger partial charge in [-0.1, -0.05) is 5.16 Å². The predicted octanol–water partition coefficient (Wildman–Crippen LogP) is -0.550. The molecule has 0 aromatic carbocycles. The minimum absolute atomic E-state index is 0.124. The molecule has 0 spiro atoms. The van der Waals surface area contributed by atoms with Crippen molar-refractivity contribution in [2.75, 3.05) is 7.11 Å². The highest BCUT2D eigenvalue weighted by atomic mass is 16.5. The van der Waals surface area contributed by atoms with E-state index in [4.69, 9.17) is 15.0 Å². The number of nitrogens with zero attached hydrogens (tertiary/aromatic N) is 4. The minimum atomic E-state index is -0.238. The van der Waals surface area contributed by atoms with Crippen LogP contribution >= 0.6 is 0 Å². The fraction of sp³-hybridized carbons (Fsp3) is 0.400. The lowest BCUT2D eigenvalue weighted by Gasteiger charge is -2.08. The maximum atomic E-state index is 11.8. The largest absolute Gasteiger partial charge is 0.468 e. The van der Waals surface area contributed by atoms with Crippen LogP contribution in [0.5, 0.6) is 6.01 Å². The first-order chi connectivity index (χ1) is 8.63. The molecule has 8 heteroatoms. The van der Waals surface area contributed by atoms with E-state index >= 15 is 0 Å². The number of methoxy groups -OCH3 is 1. The fourth-order valence-corrected chi connectivity index (χ4v) is 1.47. The Labute approximate surface area is 102 Å². The summed E-state index contributed by atoms with van der Waals surface area (Å²) in [5, 5.41) is 3.71. The highest BCUT2D eigenvalue weighted by molar-refractivity contribution is 5.08. The van der Waals surface area contributed by atoms with Crippen molar-refractivity contribution in [1.29, 1.82) is 0 Å². The summed E-state index contributed by atoms with van der Waals surface area (Å²) in [7, 11) is 1.44. The van der Waals surface area contributed by atoms with Crippen molar-refractivity contribution in [3.8, 4) is 6.01 Å². The van der Waals surface area contributed by atoms with Gasteiger partial charge in [-0.2, -0.15) is 4.98 Å². The van der Waals surface area contributed by atoms with Crippen LogP contribution in [0.1, 0.15) is 17.4 Å². The van der Waals surface area contributed by atoms with E-state index in [9.17, 15) is 4.79 Å². The maximum absolute atomic E-state index is 11.8. The molecule has 0 saturated carbocycles. The zero-order valence-corrected chi connectivity index (χ0v) is 10.1. The van der Waals surface area contributed by atoms with Crippen LogP contribution in [0.4, 0.5) is 0 Å². The van der Waals surface area contributed by atoms with Crippen molar-refractivity contribution in [2.45, 2.75) is 20.0 Å². The molecule has 0 unspecified atom stereocenters. The molecule has 0 radical (unpaired) electrons. The van der Waals surface area contributed by atoms with E-state index in [0.717, 1.165) is 0 Å². The van der Waals surface area contributed by atoms with Gasteiger partial charge >= 0.3 is 0 Å². The smallest absolute Gasteiger partial charge is 0.299 e. The van der Waals surface area contributed by atoms with Crippen molar-refractivity contribution in [3.05, 3.63) is 33.8 Å². The van der Waals surface area contributed by atoms with E-state index in [0.29, 0.717) is 17.4 Å². The lowest BCUT2D eigenvalue weighted by atomic mass is 10.4. The molecule has 2 N–H and O–H groups in total. The Kier molecular flexibility index (Phi) is 3.38. The van der Waals surface area contributed by atoms with Crippen molar-refractivity contribution in [1.82, 2.24) is 19.7 Å². The second-order valence-corrected chi connectivity index (χ2v) is 3.62. The first kappa shape index (κ1) is 12.2. The highest BCUT2D eigenvalue weighted by Crippen LogP contribution is 2.07. The molecule has 0 bridgehead atoms. The molecule has 2 heterocycles. The van der Waals surface area contributed by atoms with E-state index in [1.807, 2.05) is 0 Å². The first-order valence-electron chi connectivity index (χ1n) is 5.28. The molecule has 0 aliphatic rings. The quantitative estimate of drug-likeness (QED) is 0.776. The van der Waals surface area contributed by atoms with Crippen LogP contribution in [0, 0.1) is 6.92 Å². The van der Waals surface area contributed by atoms with Crippen molar-refractivity contribution < 1.29 is 9.26 Å².